The highest BCUT2D eigenvalue weighted by Crippen LogP contribution is 2.34. The number of methoxy groups -OCH3 is 1. The van der Waals surface area contributed by atoms with Crippen LogP contribution in [0.2, 0.25) is 0 Å². The Balaban J connectivity index is 1.87. The Morgan fingerprint density at radius 3 is 2.41 bits per heavy atom. The molecule has 1 aromatic carbocycles. The van der Waals surface area contributed by atoms with Gasteiger partial charge >= 0.3 is 5.97 Å². The minimum atomic E-state index is -0.393. The van der Waals surface area contributed by atoms with Crippen LogP contribution < -0.4 is 0 Å². The monoisotopic (exact) mass is 383 g/mol. The number of amides is 1. The van der Waals surface area contributed by atoms with Crippen molar-refractivity contribution in [2.75, 3.05) is 14.2 Å². The minimum Gasteiger partial charge on any atom is -0.465 e. The molecule has 0 atom stereocenters. The number of benzene rings is 1. The molecule has 0 aliphatic carbocycles. The van der Waals surface area contributed by atoms with Gasteiger partial charge in [0.1, 0.15) is 0 Å². The zero-order chi connectivity index (χ0) is 19.7. The minimum absolute atomic E-state index is 0.0779. The van der Waals surface area contributed by atoms with Gasteiger partial charge in [-0.25, -0.2) is 9.79 Å². The van der Waals surface area contributed by atoms with Crippen molar-refractivity contribution in [2.24, 2.45) is 12.0 Å². The van der Waals surface area contributed by atoms with Crippen molar-refractivity contribution < 1.29 is 14.3 Å². The number of aliphatic imine (C=N–C) groups is 1. The van der Waals surface area contributed by atoms with Gasteiger partial charge < -0.3 is 9.30 Å². The van der Waals surface area contributed by atoms with Crippen molar-refractivity contribution in [3.05, 3.63) is 57.8 Å². The number of ether oxygens (including phenoxy) is 1. The molecule has 2 aromatic rings. The Hall–Kier alpha value is -2.80. The SMILES string of the molecule is COC(=O)c1ccc(N=C2S/C(=C/c3cc(C)n(C)c3C)C(=O)N2C)cc1. The lowest BCUT2D eigenvalue weighted by Crippen LogP contribution is -2.23. The Kier molecular flexibility index (Phi) is 5.23. The fraction of sp³-hybridized carbons (Fsp3) is 0.250. The average Bonchev–Trinajstić information content (AvgIpc) is 3.07. The van der Waals surface area contributed by atoms with Gasteiger partial charge in [0.2, 0.25) is 0 Å². The number of esters is 1. The topological polar surface area (TPSA) is 63.9 Å². The maximum absolute atomic E-state index is 12.6. The number of hydrogen-bond donors (Lipinski definition) is 0. The van der Waals surface area contributed by atoms with Crippen LogP contribution in [0.3, 0.4) is 0 Å². The molecule has 6 nitrogen and oxygen atoms in total. The van der Waals surface area contributed by atoms with Crippen LogP contribution in [0.15, 0.2) is 40.2 Å². The molecule has 0 saturated carbocycles. The van der Waals surface area contributed by atoms with Gasteiger partial charge in [0.15, 0.2) is 5.17 Å². The normalized spacial score (nSPS) is 17.2. The molecule has 1 aliphatic heterocycles. The van der Waals surface area contributed by atoms with Crippen molar-refractivity contribution in [3.63, 3.8) is 0 Å². The molecular weight excluding hydrogens is 362 g/mol. The molecule has 3 rings (SSSR count). The van der Waals surface area contributed by atoms with Crippen LogP contribution in [0.25, 0.3) is 6.08 Å². The molecule has 1 saturated heterocycles. The lowest BCUT2D eigenvalue weighted by atomic mass is 10.2. The van der Waals surface area contributed by atoms with Gasteiger partial charge in [-0.3, -0.25) is 9.69 Å². The van der Waals surface area contributed by atoms with Gasteiger partial charge in [-0.1, -0.05) is 0 Å². The highest BCUT2D eigenvalue weighted by molar-refractivity contribution is 8.18. The summed E-state index contributed by atoms with van der Waals surface area (Å²) in [7, 11) is 5.06. The molecule has 0 spiro atoms. The molecule has 1 fully saturated rings. The van der Waals surface area contributed by atoms with Crippen LogP contribution in [0.5, 0.6) is 0 Å². The molecule has 0 radical (unpaired) electrons. The largest absolute Gasteiger partial charge is 0.465 e. The maximum Gasteiger partial charge on any atom is 0.337 e. The number of likely N-dealkylation sites (N-methyl/N-ethyl adjacent to an activating group) is 1. The summed E-state index contributed by atoms with van der Waals surface area (Å²) in [4.78, 5) is 30.8. The molecule has 1 amide bonds. The first kappa shape index (κ1) is 19.0. The summed E-state index contributed by atoms with van der Waals surface area (Å²) in [5, 5.41) is 0.599. The summed E-state index contributed by atoms with van der Waals surface area (Å²) in [6.07, 6.45) is 1.91. The summed E-state index contributed by atoms with van der Waals surface area (Å²) >= 11 is 1.34. The number of rotatable bonds is 3. The van der Waals surface area contributed by atoms with Gasteiger partial charge in [0.25, 0.3) is 5.91 Å². The van der Waals surface area contributed by atoms with E-state index in [1.807, 2.05) is 27.0 Å². The van der Waals surface area contributed by atoms with Crippen LogP contribution in [-0.2, 0) is 16.6 Å². The van der Waals surface area contributed by atoms with Crippen LogP contribution in [0, 0.1) is 13.8 Å². The molecule has 27 heavy (non-hydrogen) atoms. The summed E-state index contributed by atoms with van der Waals surface area (Å²) < 4.78 is 6.79. The standard InChI is InChI=1S/C20H21N3O3S/c1-12-10-15(13(2)22(12)3)11-17-18(24)23(4)20(27-17)21-16-8-6-14(7-9-16)19(25)26-5/h6-11H,1-5H3/b17-11+,21-20?. The number of hydrogen-bond acceptors (Lipinski definition) is 5. The summed E-state index contributed by atoms with van der Waals surface area (Å²) in [6.45, 7) is 4.07. The van der Waals surface area contributed by atoms with E-state index >= 15 is 0 Å². The van der Waals surface area contributed by atoms with E-state index in [0.29, 0.717) is 21.3 Å². The molecule has 1 aromatic heterocycles. The highest BCUT2D eigenvalue weighted by Gasteiger charge is 2.30. The summed E-state index contributed by atoms with van der Waals surface area (Å²) in [6, 6.07) is 8.82. The lowest BCUT2D eigenvalue weighted by Gasteiger charge is -2.07. The lowest BCUT2D eigenvalue weighted by molar-refractivity contribution is -0.121. The van der Waals surface area contributed by atoms with Crippen molar-refractivity contribution in [2.45, 2.75) is 13.8 Å². The number of carbonyl (C=O) groups is 2. The van der Waals surface area contributed by atoms with Crippen molar-refractivity contribution in [1.82, 2.24) is 9.47 Å². The number of aryl methyl sites for hydroxylation is 1. The molecule has 0 bridgehead atoms. The Morgan fingerprint density at radius 1 is 1.19 bits per heavy atom. The number of nitrogens with zero attached hydrogens (tertiary/aromatic N) is 3. The third kappa shape index (κ3) is 3.68. The van der Waals surface area contributed by atoms with Crippen LogP contribution in [0.1, 0.15) is 27.3 Å². The Labute approximate surface area is 162 Å². The van der Waals surface area contributed by atoms with Gasteiger partial charge in [-0.05, 0) is 67.6 Å². The fourth-order valence-electron chi connectivity index (χ4n) is 2.72. The number of amidine groups is 1. The Bertz CT molecular complexity index is 971. The van der Waals surface area contributed by atoms with Crippen molar-refractivity contribution >= 4 is 40.6 Å². The quantitative estimate of drug-likeness (QED) is 0.599. The molecule has 2 heterocycles. The molecule has 0 unspecified atom stereocenters. The summed E-state index contributed by atoms with van der Waals surface area (Å²) in [5.74, 6) is -0.471. The van der Waals surface area contributed by atoms with E-state index in [0.717, 1.165) is 17.0 Å². The first-order chi connectivity index (χ1) is 12.8. The van der Waals surface area contributed by atoms with Gasteiger partial charge in [-0.15, -0.1) is 0 Å². The molecule has 140 valence electrons. The second-order valence-electron chi connectivity index (χ2n) is 6.29. The number of thioether (sulfide) groups is 1. The predicted molar refractivity (Wildman–Crippen MR) is 108 cm³/mol. The van der Waals surface area contributed by atoms with Gasteiger partial charge in [-0.2, -0.15) is 0 Å². The second-order valence-corrected chi connectivity index (χ2v) is 7.30. The van der Waals surface area contributed by atoms with Crippen LogP contribution in [-0.4, -0.2) is 40.7 Å². The first-order valence-electron chi connectivity index (χ1n) is 8.39. The van der Waals surface area contributed by atoms with Crippen LogP contribution >= 0.6 is 11.8 Å². The maximum atomic E-state index is 12.6. The van der Waals surface area contributed by atoms with Crippen LogP contribution in [0.4, 0.5) is 5.69 Å². The van der Waals surface area contributed by atoms with E-state index in [4.69, 9.17) is 4.74 Å². The first-order valence-corrected chi connectivity index (χ1v) is 9.21. The molecule has 1 aliphatic rings. The number of carbonyl (C=O) groups excluding carboxylic acids is 2. The second kappa shape index (κ2) is 7.44. The molecule has 7 heteroatoms. The Morgan fingerprint density at radius 2 is 1.85 bits per heavy atom. The third-order valence-electron chi connectivity index (χ3n) is 4.62. The predicted octanol–water partition coefficient (Wildman–Crippen LogP) is 3.66. The zero-order valence-electron chi connectivity index (χ0n) is 15.9. The fourth-order valence-corrected chi connectivity index (χ4v) is 3.70. The molecular formula is C20H21N3O3S. The third-order valence-corrected chi connectivity index (χ3v) is 5.68. The van der Waals surface area contributed by atoms with Crippen molar-refractivity contribution in [1.29, 1.82) is 0 Å². The van der Waals surface area contributed by atoms with E-state index in [2.05, 4.69) is 15.6 Å². The van der Waals surface area contributed by atoms with E-state index in [9.17, 15) is 9.59 Å². The van der Waals surface area contributed by atoms with E-state index in [-0.39, 0.29) is 5.91 Å². The number of aromatic nitrogens is 1. The van der Waals surface area contributed by atoms with E-state index < -0.39 is 5.97 Å². The van der Waals surface area contributed by atoms with Crippen molar-refractivity contribution in [3.8, 4) is 0 Å². The molecule has 0 N–H and O–H groups in total. The zero-order valence-corrected chi connectivity index (χ0v) is 16.8. The van der Waals surface area contributed by atoms with Gasteiger partial charge in [0, 0.05) is 25.5 Å². The average molecular weight is 383 g/mol. The van der Waals surface area contributed by atoms with E-state index in [1.54, 1.807) is 31.3 Å². The van der Waals surface area contributed by atoms with E-state index in [1.165, 1.54) is 23.8 Å². The van der Waals surface area contributed by atoms with Gasteiger partial charge in [0.05, 0.1) is 23.3 Å². The smallest absolute Gasteiger partial charge is 0.337 e. The highest BCUT2D eigenvalue weighted by atomic mass is 32.2. The summed E-state index contributed by atoms with van der Waals surface area (Å²) in [5.41, 5.74) is 4.41.